The fourth-order valence-electron chi connectivity index (χ4n) is 5.21. The third kappa shape index (κ3) is 6.83. The zero-order valence-electron chi connectivity index (χ0n) is 19.9. The van der Waals surface area contributed by atoms with Gasteiger partial charge in [-0.15, -0.1) is 0 Å². The maximum Gasteiger partial charge on any atom is 0.341 e. The van der Waals surface area contributed by atoms with Crippen LogP contribution < -0.4 is 9.46 Å². The van der Waals surface area contributed by atoms with E-state index in [4.69, 9.17) is 9.84 Å². The largest absolute Gasteiger partial charge is 0.481 e. The Morgan fingerprint density at radius 1 is 0.943 bits per heavy atom. The molecule has 4 rings (SSSR count). The molecule has 1 atom stereocenters. The van der Waals surface area contributed by atoms with E-state index >= 15 is 0 Å². The van der Waals surface area contributed by atoms with E-state index in [0.717, 1.165) is 34.7 Å². The van der Waals surface area contributed by atoms with E-state index in [2.05, 4.69) is 16.9 Å². The Bertz CT molecular complexity index is 1240. The molecule has 7 heteroatoms. The summed E-state index contributed by atoms with van der Waals surface area (Å²) in [5, 5.41) is 10.7. The lowest BCUT2D eigenvalue weighted by Gasteiger charge is -2.30. The Labute approximate surface area is 207 Å². The van der Waals surface area contributed by atoms with Crippen LogP contribution in [0.3, 0.4) is 0 Å². The van der Waals surface area contributed by atoms with E-state index in [0.29, 0.717) is 24.6 Å². The number of carbonyl (C=O) groups is 1. The Hall–Kier alpha value is -2.90. The number of nitrogens with one attached hydrogen (secondary N) is 1. The molecule has 35 heavy (non-hydrogen) atoms. The molecule has 1 fully saturated rings. The minimum absolute atomic E-state index is 0.000461. The topological polar surface area (TPSA) is 92.7 Å². The summed E-state index contributed by atoms with van der Waals surface area (Å²) in [7, 11) is -3.47. The van der Waals surface area contributed by atoms with Crippen LogP contribution in [0.4, 0.5) is 0 Å². The summed E-state index contributed by atoms with van der Waals surface area (Å²) in [5.41, 5.74) is 2.09. The number of rotatable bonds is 11. The van der Waals surface area contributed by atoms with Crippen LogP contribution in [0.1, 0.15) is 49.1 Å². The van der Waals surface area contributed by atoms with Crippen molar-refractivity contribution in [1.82, 2.24) is 4.72 Å². The molecule has 3 aromatic rings. The van der Waals surface area contributed by atoms with E-state index < -0.39 is 22.6 Å². The molecular weight excluding hydrogens is 462 g/mol. The summed E-state index contributed by atoms with van der Waals surface area (Å²) >= 11 is 0. The van der Waals surface area contributed by atoms with Crippen molar-refractivity contribution in [3.05, 3.63) is 77.9 Å². The van der Waals surface area contributed by atoms with Crippen molar-refractivity contribution >= 4 is 26.8 Å². The van der Waals surface area contributed by atoms with E-state index in [1.165, 1.54) is 19.3 Å². The third-order valence-corrected chi connectivity index (χ3v) is 8.33. The van der Waals surface area contributed by atoms with Gasteiger partial charge in [0, 0.05) is 17.8 Å². The average molecular weight is 496 g/mol. The van der Waals surface area contributed by atoms with Crippen molar-refractivity contribution < 1.29 is 23.1 Å². The standard InChI is InChI=1S/C28H33NO5S/c30-28(31)19-34-27-16-8-14-24-23(13-7-15-25(24)27)17-18-29-35(32,33)20-26(21-9-3-1-4-10-21)22-11-5-2-6-12-22/h1,3-4,7-10,13-16,22,26,29H,2,5-6,11-12,17-20H2,(H,30,31). The number of aliphatic carboxylic acids is 1. The summed E-state index contributed by atoms with van der Waals surface area (Å²) in [6.07, 6.45) is 6.26. The first-order valence-corrected chi connectivity index (χ1v) is 14.0. The minimum atomic E-state index is -3.47. The number of carboxylic acids is 1. The normalized spacial score (nSPS) is 15.7. The van der Waals surface area contributed by atoms with Gasteiger partial charge in [-0.2, -0.15) is 0 Å². The van der Waals surface area contributed by atoms with Crippen molar-refractivity contribution in [1.29, 1.82) is 0 Å². The van der Waals surface area contributed by atoms with Crippen molar-refractivity contribution in [2.24, 2.45) is 5.92 Å². The monoisotopic (exact) mass is 495 g/mol. The lowest BCUT2D eigenvalue weighted by molar-refractivity contribution is -0.139. The van der Waals surface area contributed by atoms with E-state index in [1.807, 2.05) is 48.5 Å². The van der Waals surface area contributed by atoms with Crippen LogP contribution in [-0.2, 0) is 21.2 Å². The Kier molecular flexibility index (Phi) is 8.42. The molecule has 3 aromatic carbocycles. The van der Waals surface area contributed by atoms with E-state index in [1.54, 1.807) is 6.07 Å². The number of sulfonamides is 1. The molecule has 186 valence electrons. The molecule has 0 spiro atoms. The molecule has 0 saturated heterocycles. The zero-order valence-corrected chi connectivity index (χ0v) is 20.7. The molecule has 0 aliphatic heterocycles. The number of benzene rings is 3. The maximum absolute atomic E-state index is 13.1. The highest BCUT2D eigenvalue weighted by Gasteiger charge is 2.29. The predicted molar refractivity (Wildman–Crippen MR) is 138 cm³/mol. The van der Waals surface area contributed by atoms with Crippen molar-refractivity contribution in [3.63, 3.8) is 0 Å². The summed E-state index contributed by atoms with van der Waals surface area (Å²) in [6, 6.07) is 21.3. The highest BCUT2D eigenvalue weighted by Crippen LogP contribution is 2.37. The quantitative estimate of drug-likeness (QED) is 0.385. The second kappa shape index (κ2) is 11.7. The van der Waals surface area contributed by atoms with E-state index in [9.17, 15) is 13.2 Å². The first-order chi connectivity index (χ1) is 16.9. The van der Waals surface area contributed by atoms with Gasteiger partial charge in [0.15, 0.2) is 6.61 Å². The van der Waals surface area contributed by atoms with Crippen LogP contribution in [0.2, 0.25) is 0 Å². The fourth-order valence-corrected chi connectivity index (χ4v) is 6.68. The van der Waals surface area contributed by atoms with Crippen LogP contribution in [-0.4, -0.2) is 38.4 Å². The molecule has 0 bridgehead atoms. The molecule has 1 aliphatic carbocycles. The van der Waals surface area contributed by atoms with Gasteiger partial charge < -0.3 is 9.84 Å². The molecule has 6 nitrogen and oxygen atoms in total. The highest BCUT2D eigenvalue weighted by molar-refractivity contribution is 7.89. The Morgan fingerprint density at radius 3 is 2.40 bits per heavy atom. The summed E-state index contributed by atoms with van der Waals surface area (Å²) < 4.78 is 34.5. The van der Waals surface area contributed by atoms with Crippen LogP contribution in [0.25, 0.3) is 10.8 Å². The fraction of sp³-hybridized carbons (Fsp3) is 0.393. The van der Waals surface area contributed by atoms with Crippen LogP contribution in [0.15, 0.2) is 66.7 Å². The molecule has 1 unspecified atom stereocenters. The lowest BCUT2D eigenvalue weighted by atomic mass is 9.78. The van der Waals surface area contributed by atoms with Gasteiger partial charge in [0.2, 0.25) is 10.0 Å². The second-order valence-electron chi connectivity index (χ2n) is 9.29. The molecule has 1 saturated carbocycles. The summed E-state index contributed by atoms with van der Waals surface area (Å²) in [4.78, 5) is 10.9. The van der Waals surface area contributed by atoms with Crippen molar-refractivity contribution in [3.8, 4) is 5.75 Å². The molecule has 0 aromatic heterocycles. The summed E-state index contributed by atoms with van der Waals surface area (Å²) in [5.74, 6) is -0.0321. The molecular formula is C28H33NO5S. The van der Waals surface area contributed by atoms with Gasteiger partial charge in [-0.25, -0.2) is 17.9 Å². The molecule has 1 aliphatic rings. The van der Waals surface area contributed by atoms with Gasteiger partial charge in [-0.05, 0) is 47.8 Å². The van der Waals surface area contributed by atoms with Crippen LogP contribution >= 0.6 is 0 Å². The summed E-state index contributed by atoms with van der Waals surface area (Å²) in [6.45, 7) is -0.111. The van der Waals surface area contributed by atoms with Crippen LogP contribution in [0, 0.1) is 5.92 Å². The number of fused-ring (bicyclic) bond motifs is 1. The maximum atomic E-state index is 13.1. The van der Waals surface area contributed by atoms with Gasteiger partial charge >= 0.3 is 5.97 Å². The number of carboxylic acid groups (broad SMARTS) is 1. The molecule has 0 heterocycles. The Balaban J connectivity index is 1.44. The average Bonchev–Trinajstić information content (AvgIpc) is 2.87. The first kappa shape index (κ1) is 25.2. The van der Waals surface area contributed by atoms with E-state index in [-0.39, 0.29) is 11.7 Å². The number of hydrogen-bond donors (Lipinski definition) is 2. The van der Waals surface area contributed by atoms with Gasteiger partial charge in [0.25, 0.3) is 0 Å². The predicted octanol–water partition coefficient (Wildman–Crippen LogP) is 5.13. The number of hydrogen-bond acceptors (Lipinski definition) is 4. The third-order valence-electron chi connectivity index (χ3n) is 6.89. The smallest absolute Gasteiger partial charge is 0.341 e. The number of ether oxygens (including phenoxy) is 1. The zero-order chi connectivity index (χ0) is 24.7. The minimum Gasteiger partial charge on any atom is -0.481 e. The second-order valence-corrected chi connectivity index (χ2v) is 11.1. The van der Waals surface area contributed by atoms with Gasteiger partial charge in [0.1, 0.15) is 5.75 Å². The molecule has 0 amide bonds. The van der Waals surface area contributed by atoms with Crippen molar-refractivity contribution in [2.45, 2.75) is 44.4 Å². The van der Waals surface area contributed by atoms with Gasteiger partial charge in [-0.1, -0.05) is 79.9 Å². The van der Waals surface area contributed by atoms with Gasteiger partial charge in [-0.3, -0.25) is 0 Å². The molecule has 2 N–H and O–H groups in total. The van der Waals surface area contributed by atoms with Crippen molar-refractivity contribution in [2.75, 3.05) is 18.9 Å². The molecule has 0 radical (unpaired) electrons. The highest BCUT2D eigenvalue weighted by atomic mass is 32.2. The van der Waals surface area contributed by atoms with Crippen LogP contribution in [0.5, 0.6) is 5.75 Å². The van der Waals surface area contributed by atoms with Gasteiger partial charge in [0.05, 0.1) is 5.75 Å². The Morgan fingerprint density at radius 2 is 1.66 bits per heavy atom. The lowest BCUT2D eigenvalue weighted by Crippen LogP contribution is -2.33. The SMILES string of the molecule is O=C(O)COc1cccc2c(CCNS(=O)(=O)CC(c3ccccc3)C3CCCCC3)cccc12. The first-order valence-electron chi connectivity index (χ1n) is 12.3.